The predicted octanol–water partition coefficient (Wildman–Crippen LogP) is 3.52. The quantitative estimate of drug-likeness (QED) is 0.299. The molecule has 0 fully saturated rings. The van der Waals surface area contributed by atoms with Crippen molar-refractivity contribution in [3.63, 3.8) is 0 Å². The lowest BCUT2D eigenvalue weighted by molar-refractivity contribution is -0.120. The maximum Gasteiger partial charge on any atom is 0.274 e. The number of carbonyl (C=O) groups excluding carboxylic acids is 2. The number of aromatic hydroxyl groups is 2. The molecule has 0 radical (unpaired) electrons. The van der Waals surface area contributed by atoms with Crippen LogP contribution in [0, 0.1) is 0 Å². The van der Waals surface area contributed by atoms with Gasteiger partial charge < -0.3 is 30.7 Å². The third-order valence-corrected chi connectivity index (χ3v) is 5.49. The first-order chi connectivity index (χ1) is 16.8. The second-order valence-electron chi connectivity index (χ2n) is 8.43. The van der Waals surface area contributed by atoms with Gasteiger partial charge in [-0.3, -0.25) is 9.59 Å². The summed E-state index contributed by atoms with van der Waals surface area (Å²) in [4.78, 5) is 24.4. The second-order valence-corrected chi connectivity index (χ2v) is 8.43. The molecule has 0 aliphatic heterocycles. The Balaban J connectivity index is 2.00. The van der Waals surface area contributed by atoms with Crippen molar-refractivity contribution < 1.29 is 24.3 Å². The number of phenols is 2. The third kappa shape index (κ3) is 5.99. The molecule has 9 nitrogen and oxygen atoms in total. The number of aromatic nitrogens is 1. The number of phenolic OH excluding ortho intramolecular Hbond substituents is 2. The molecule has 0 aliphatic carbocycles. The molecule has 3 aromatic rings. The summed E-state index contributed by atoms with van der Waals surface area (Å²) < 4.78 is 5.59. The smallest absolute Gasteiger partial charge is 0.274 e. The Hall–Kier alpha value is -3.85. The Labute approximate surface area is 204 Å². The standard InChI is InChI=1S/C26H32N4O5/c1-5-28-22(33)14-27-13-16-7-9-17(10-8-16)23-24(26(34)29-6-2)30-35-25(23)19-11-18(15(3)4)20(31)12-21(19)32/h7-12,15,27,31-32H,5-6,13-14H2,1-4H3,(H,28,33)(H,29,34). The highest BCUT2D eigenvalue weighted by atomic mass is 16.5. The molecule has 2 aromatic carbocycles. The van der Waals surface area contributed by atoms with E-state index in [2.05, 4.69) is 21.1 Å². The van der Waals surface area contributed by atoms with Gasteiger partial charge in [0.25, 0.3) is 5.91 Å². The molecule has 0 saturated heterocycles. The van der Waals surface area contributed by atoms with Gasteiger partial charge >= 0.3 is 0 Å². The number of nitrogens with zero attached hydrogens (tertiary/aromatic N) is 1. The second kappa shape index (κ2) is 11.5. The molecule has 5 N–H and O–H groups in total. The fraction of sp³-hybridized carbons (Fsp3) is 0.346. The van der Waals surface area contributed by atoms with Gasteiger partial charge in [0, 0.05) is 25.7 Å². The summed E-state index contributed by atoms with van der Waals surface area (Å²) in [6.45, 7) is 9.23. The van der Waals surface area contributed by atoms with Gasteiger partial charge in [-0.2, -0.15) is 0 Å². The highest BCUT2D eigenvalue weighted by molar-refractivity contribution is 6.02. The van der Waals surface area contributed by atoms with E-state index in [1.54, 1.807) is 6.07 Å². The molecular formula is C26H32N4O5. The first kappa shape index (κ1) is 25.8. The molecule has 0 saturated carbocycles. The first-order valence-electron chi connectivity index (χ1n) is 11.7. The molecule has 0 bridgehead atoms. The Kier molecular flexibility index (Phi) is 8.48. The minimum Gasteiger partial charge on any atom is -0.508 e. The molecule has 0 aliphatic rings. The zero-order chi connectivity index (χ0) is 25.5. The van der Waals surface area contributed by atoms with Gasteiger partial charge in [0.15, 0.2) is 11.5 Å². The number of benzene rings is 2. The number of likely N-dealkylation sites (N-methyl/N-ethyl adjacent to an activating group) is 1. The maximum absolute atomic E-state index is 12.7. The molecule has 2 amide bonds. The van der Waals surface area contributed by atoms with Crippen LogP contribution in [0.2, 0.25) is 0 Å². The van der Waals surface area contributed by atoms with Crippen molar-refractivity contribution in [3.8, 4) is 33.9 Å². The van der Waals surface area contributed by atoms with Crippen molar-refractivity contribution in [2.75, 3.05) is 19.6 Å². The summed E-state index contributed by atoms with van der Waals surface area (Å²) in [6.07, 6.45) is 0. The van der Waals surface area contributed by atoms with E-state index < -0.39 is 5.91 Å². The molecule has 0 unspecified atom stereocenters. The van der Waals surface area contributed by atoms with Gasteiger partial charge in [0.2, 0.25) is 5.91 Å². The molecule has 186 valence electrons. The van der Waals surface area contributed by atoms with Crippen molar-refractivity contribution in [3.05, 3.63) is 53.2 Å². The summed E-state index contributed by atoms with van der Waals surface area (Å²) in [6, 6.07) is 10.4. The fourth-order valence-electron chi connectivity index (χ4n) is 3.75. The zero-order valence-electron chi connectivity index (χ0n) is 20.4. The normalized spacial score (nSPS) is 11.0. The Morgan fingerprint density at radius 3 is 2.31 bits per heavy atom. The fourth-order valence-corrected chi connectivity index (χ4v) is 3.75. The average Bonchev–Trinajstić information content (AvgIpc) is 3.24. The minimum atomic E-state index is -0.396. The van der Waals surface area contributed by atoms with Gasteiger partial charge in [0.1, 0.15) is 11.5 Å². The molecular weight excluding hydrogens is 448 g/mol. The van der Waals surface area contributed by atoms with Crippen molar-refractivity contribution in [2.45, 2.75) is 40.2 Å². The number of nitrogens with one attached hydrogen (secondary N) is 3. The lowest BCUT2D eigenvalue weighted by Gasteiger charge is -2.13. The van der Waals surface area contributed by atoms with Gasteiger partial charge in [-0.05, 0) is 42.5 Å². The van der Waals surface area contributed by atoms with Gasteiger partial charge in [-0.1, -0.05) is 43.3 Å². The SMILES string of the molecule is CCNC(=O)CNCc1ccc(-c2c(C(=O)NCC)noc2-c2cc(C(C)C)c(O)cc2O)cc1. The van der Waals surface area contributed by atoms with Crippen molar-refractivity contribution >= 4 is 11.8 Å². The van der Waals surface area contributed by atoms with Crippen LogP contribution in [0.5, 0.6) is 11.5 Å². The van der Waals surface area contributed by atoms with Crippen molar-refractivity contribution in [1.29, 1.82) is 0 Å². The van der Waals surface area contributed by atoms with E-state index in [0.29, 0.717) is 41.9 Å². The Morgan fingerprint density at radius 2 is 1.69 bits per heavy atom. The van der Waals surface area contributed by atoms with Crippen LogP contribution in [0.1, 0.15) is 55.2 Å². The molecule has 9 heteroatoms. The van der Waals surface area contributed by atoms with E-state index in [1.807, 2.05) is 52.0 Å². The topological polar surface area (TPSA) is 137 Å². The summed E-state index contributed by atoms with van der Waals surface area (Å²) in [7, 11) is 0. The van der Waals surface area contributed by atoms with E-state index in [9.17, 15) is 19.8 Å². The van der Waals surface area contributed by atoms with Gasteiger partial charge in [-0.15, -0.1) is 0 Å². The molecule has 0 atom stereocenters. The van der Waals surface area contributed by atoms with E-state index in [1.165, 1.54) is 6.07 Å². The van der Waals surface area contributed by atoms with Crippen LogP contribution in [0.25, 0.3) is 22.5 Å². The van der Waals surface area contributed by atoms with E-state index in [0.717, 1.165) is 5.56 Å². The average molecular weight is 481 g/mol. The largest absolute Gasteiger partial charge is 0.508 e. The molecule has 0 spiro atoms. The zero-order valence-corrected chi connectivity index (χ0v) is 20.4. The monoisotopic (exact) mass is 480 g/mol. The highest BCUT2D eigenvalue weighted by Crippen LogP contribution is 2.43. The van der Waals surface area contributed by atoms with Crippen LogP contribution >= 0.6 is 0 Å². The van der Waals surface area contributed by atoms with Crippen molar-refractivity contribution in [1.82, 2.24) is 21.1 Å². The van der Waals surface area contributed by atoms with Crippen LogP contribution in [-0.2, 0) is 11.3 Å². The lowest BCUT2D eigenvalue weighted by Crippen LogP contribution is -2.33. The van der Waals surface area contributed by atoms with E-state index >= 15 is 0 Å². The van der Waals surface area contributed by atoms with Crippen LogP contribution in [0.4, 0.5) is 0 Å². The minimum absolute atomic E-state index is 0.00484. The Bertz CT molecular complexity index is 1190. The molecule has 3 rings (SSSR count). The van der Waals surface area contributed by atoms with Crippen LogP contribution < -0.4 is 16.0 Å². The predicted molar refractivity (Wildman–Crippen MR) is 133 cm³/mol. The maximum atomic E-state index is 12.7. The molecule has 1 aromatic heterocycles. The summed E-state index contributed by atoms with van der Waals surface area (Å²) in [5.41, 5.74) is 3.13. The van der Waals surface area contributed by atoms with Crippen molar-refractivity contribution in [2.24, 2.45) is 0 Å². The van der Waals surface area contributed by atoms with Crippen LogP contribution in [-0.4, -0.2) is 46.8 Å². The summed E-state index contributed by atoms with van der Waals surface area (Å²) >= 11 is 0. The lowest BCUT2D eigenvalue weighted by atomic mass is 9.94. The summed E-state index contributed by atoms with van der Waals surface area (Å²) in [5, 5.41) is 33.4. The van der Waals surface area contributed by atoms with E-state index in [-0.39, 0.29) is 41.3 Å². The molecule has 1 heterocycles. The highest BCUT2D eigenvalue weighted by Gasteiger charge is 2.27. The Morgan fingerprint density at radius 1 is 1.00 bits per heavy atom. The number of rotatable bonds is 10. The van der Waals surface area contributed by atoms with Crippen LogP contribution in [0.15, 0.2) is 40.9 Å². The number of amides is 2. The van der Waals surface area contributed by atoms with Crippen LogP contribution in [0.3, 0.4) is 0 Å². The third-order valence-electron chi connectivity index (χ3n) is 5.49. The van der Waals surface area contributed by atoms with E-state index in [4.69, 9.17) is 4.52 Å². The molecule has 35 heavy (non-hydrogen) atoms. The number of hydrogen-bond donors (Lipinski definition) is 5. The van der Waals surface area contributed by atoms with Gasteiger partial charge in [-0.25, -0.2) is 0 Å². The first-order valence-corrected chi connectivity index (χ1v) is 11.7. The number of hydrogen-bond acceptors (Lipinski definition) is 7. The van der Waals surface area contributed by atoms with Gasteiger partial charge in [0.05, 0.1) is 17.7 Å². The number of carbonyl (C=O) groups is 2. The summed E-state index contributed by atoms with van der Waals surface area (Å²) in [5.74, 6) is -0.442.